The molecule has 4 nitrogen and oxygen atoms in total. The van der Waals surface area contributed by atoms with Crippen LogP contribution in [0.15, 0.2) is 48.5 Å². The molecule has 3 aromatic rings. The Morgan fingerprint density at radius 3 is 2.74 bits per heavy atom. The average molecular weight is 378 g/mol. The third kappa shape index (κ3) is 3.74. The van der Waals surface area contributed by atoms with Crippen LogP contribution in [0.5, 0.6) is 0 Å². The molecule has 2 amide bonds. The topological polar surface area (TPSA) is 45.2 Å². The van der Waals surface area contributed by atoms with Gasteiger partial charge >= 0.3 is 6.03 Å². The molecule has 0 fully saturated rings. The van der Waals surface area contributed by atoms with Crippen molar-refractivity contribution in [2.24, 2.45) is 0 Å². The minimum atomic E-state index is -0.0353. The molecule has 0 saturated heterocycles. The van der Waals surface area contributed by atoms with E-state index in [1.165, 1.54) is 10.4 Å². The predicted octanol–water partition coefficient (Wildman–Crippen LogP) is 5.27. The second-order valence-electron chi connectivity index (χ2n) is 6.87. The molecule has 1 N–H and O–H groups in total. The first-order valence-electron chi connectivity index (χ1n) is 9.33. The lowest BCUT2D eigenvalue weighted by atomic mass is 10.1. The van der Waals surface area contributed by atoms with Crippen molar-refractivity contribution in [2.75, 3.05) is 11.9 Å². The molecule has 1 aromatic heterocycles. The van der Waals surface area contributed by atoms with Gasteiger partial charge in [-0.2, -0.15) is 0 Å². The number of anilines is 1. The maximum absolute atomic E-state index is 12.8. The summed E-state index contributed by atoms with van der Waals surface area (Å²) in [5.41, 5.74) is 5.58. The molecule has 1 aliphatic heterocycles. The third-order valence-corrected chi connectivity index (χ3v) is 6.09. The van der Waals surface area contributed by atoms with E-state index in [4.69, 9.17) is 4.98 Å². The Morgan fingerprint density at radius 1 is 1.19 bits per heavy atom. The molecule has 0 radical (unpaired) electrons. The average Bonchev–Trinajstić information content (AvgIpc) is 3.12. The lowest BCUT2D eigenvalue weighted by Gasteiger charge is -2.26. The summed E-state index contributed by atoms with van der Waals surface area (Å²) in [6.45, 7) is 5.51. The van der Waals surface area contributed by atoms with Crippen molar-refractivity contribution in [1.29, 1.82) is 0 Å². The monoisotopic (exact) mass is 377 g/mol. The Balaban J connectivity index is 1.49. The summed E-state index contributed by atoms with van der Waals surface area (Å²) in [5, 5.41) is 4.12. The molecule has 0 saturated carbocycles. The Hall–Kier alpha value is -2.66. The van der Waals surface area contributed by atoms with Crippen molar-refractivity contribution in [3.63, 3.8) is 0 Å². The predicted molar refractivity (Wildman–Crippen MR) is 111 cm³/mol. The van der Waals surface area contributed by atoms with Crippen molar-refractivity contribution in [3.05, 3.63) is 70.2 Å². The van der Waals surface area contributed by atoms with Crippen LogP contribution in [0.25, 0.3) is 10.6 Å². The van der Waals surface area contributed by atoms with Gasteiger partial charge in [-0.1, -0.05) is 55.0 Å². The number of hydrogen-bond donors (Lipinski definition) is 1. The SMILES string of the molecule is CCc1ccccc1NC(=O)N1CCc2nc(-c3ccc(C)cc3)sc2C1. The summed E-state index contributed by atoms with van der Waals surface area (Å²) in [7, 11) is 0. The summed E-state index contributed by atoms with van der Waals surface area (Å²) < 4.78 is 0. The van der Waals surface area contributed by atoms with Crippen LogP contribution in [0.2, 0.25) is 0 Å². The third-order valence-electron chi connectivity index (χ3n) is 4.96. The second kappa shape index (κ2) is 7.53. The van der Waals surface area contributed by atoms with E-state index in [1.807, 2.05) is 23.1 Å². The summed E-state index contributed by atoms with van der Waals surface area (Å²) in [5.74, 6) is 0. The van der Waals surface area contributed by atoms with Crippen LogP contribution in [-0.2, 0) is 19.4 Å². The van der Waals surface area contributed by atoms with Crippen LogP contribution < -0.4 is 5.32 Å². The lowest BCUT2D eigenvalue weighted by molar-refractivity contribution is 0.207. The van der Waals surface area contributed by atoms with E-state index >= 15 is 0 Å². The molecular formula is C22H23N3OS. The summed E-state index contributed by atoms with van der Waals surface area (Å²) in [6.07, 6.45) is 1.70. The number of thiazole rings is 1. The highest BCUT2D eigenvalue weighted by Crippen LogP contribution is 2.32. The van der Waals surface area contributed by atoms with Crippen LogP contribution in [0, 0.1) is 6.92 Å². The van der Waals surface area contributed by atoms with Gasteiger partial charge in [0, 0.05) is 29.1 Å². The highest BCUT2D eigenvalue weighted by molar-refractivity contribution is 7.15. The lowest BCUT2D eigenvalue weighted by Crippen LogP contribution is -2.38. The van der Waals surface area contributed by atoms with Gasteiger partial charge in [0.15, 0.2) is 0 Å². The molecule has 0 spiro atoms. The zero-order valence-electron chi connectivity index (χ0n) is 15.7. The molecule has 27 heavy (non-hydrogen) atoms. The molecule has 0 atom stereocenters. The Morgan fingerprint density at radius 2 is 1.96 bits per heavy atom. The van der Waals surface area contributed by atoms with Gasteiger partial charge in [-0.05, 0) is 25.0 Å². The first kappa shape index (κ1) is 17.7. The first-order chi connectivity index (χ1) is 13.1. The van der Waals surface area contributed by atoms with Gasteiger partial charge in [-0.25, -0.2) is 9.78 Å². The molecule has 0 unspecified atom stereocenters. The van der Waals surface area contributed by atoms with Gasteiger partial charge < -0.3 is 10.2 Å². The van der Waals surface area contributed by atoms with Gasteiger partial charge in [-0.3, -0.25) is 0 Å². The van der Waals surface area contributed by atoms with Gasteiger partial charge in [0.2, 0.25) is 0 Å². The van der Waals surface area contributed by atoms with Crippen LogP contribution in [-0.4, -0.2) is 22.5 Å². The molecule has 138 valence electrons. The number of rotatable bonds is 3. The molecule has 2 heterocycles. The summed E-state index contributed by atoms with van der Waals surface area (Å²) >= 11 is 1.70. The standard InChI is InChI=1S/C22H23N3OS/c1-3-16-6-4-5-7-18(16)24-22(26)25-13-12-19-20(14-25)27-21(23-19)17-10-8-15(2)9-11-17/h4-11H,3,12-14H2,1-2H3,(H,24,26). The number of hydrogen-bond acceptors (Lipinski definition) is 3. The minimum Gasteiger partial charge on any atom is -0.319 e. The number of nitrogens with zero attached hydrogens (tertiary/aromatic N) is 2. The number of carbonyl (C=O) groups is 1. The second-order valence-corrected chi connectivity index (χ2v) is 7.95. The van der Waals surface area contributed by atoms with Gasteiger partial charge in [0.05, 0.1) is 12.2 Å². The van der Waals surface area contributed by atoms with E-state index < -0.39 is 0 Å². The smallest absolute Gasteiger partial charge is 0.319 e. The normalized spacial score (nSPS) is 13.3. The number of urea groups is 1. The zero-order chi connectivity index (χ0) is 18.8. The van der Waals surface area contributed by atoms with Crippen LogP contribution in [0.1, 0.15) is 28.6 Å². The number of carbonyl (C=O) groups excluding carboxylic acids is 1. The van der Waals surface area contributed by atoms with Gasteiger partial charge in [-0.15, -0.1) is 11.3 Å². The first-order valence-corrected chi connectivity index (χ1v) is 10.1. The van der Waals surface area contributed by atoms with E-state index in [-0.39, 0.29) is 6.03 Å². The van der Waals surface area contributed by atoms with Gasteiger partial charge in [0.1, 0.15) is 5.01 Å². The Kier molecular flexibility index (Phi) is 4.94. The maximum atomic E-state index is 12.8. The molecule has 4 rings (SSSR count). The van der Waals surface area contributed by atoms with E-state index in [2.05, 4.69) is 49.5 Å². The highest BCUT2D eigenvalue weighted by atomic mass is 32.1. The number of benzene rings is 2. The summed E-state index contributed by atoms with van der Waals surface area (Å²) in [6, 6.07) is 16.4. The highest BCUT2D eigenvalue weighted by Gasteiger charge is 2.24. The van der Waals surface area contributed by atoms with Crippen molar-refractivity contribution < 1.29 is 4.79 Å². The fourth-order valence-electron chi connectivity index (χ4n) is 3.33. The van der Waals surface area contributed by atoms with E-state index in [0.29, 0.717) is 13.1 Å². The number of nitrogens with one attached hydrogen (secondary N) is 1. The van der Waals surface area contributed by atoms with Crippen molar-refractivity contribution in [1.82, 2.24) is 9.88 Å². The fraction of sp³-hybridized carbons (Fsp3) is 0.273. The number of aryl methyl sites for hydroxylation is 2. The molecular weight excluding hydrogens is 354 g/mol. The Bertz CT molecular complexity index is 962. The van der Waals surface area contributed by atoms with Crippen molar-refractivity contribution >= 4 is 23.1 Å². The number of fused-ring (bicyclic) bond motifs is 1. The van der Waals surface area contributed by atoms with E-state index in [1.54, 1.807) is 11.3 Å². The van der Waals surface area contributed by atoms with Crippen LogP contribution >= 0.6 is 11.3 Å². The largest absolute Gasteiger partial charge is 0.322 e. The van der Waals surface area contributed by atoms with Crippen LogP contribution in [0.3, 0.4) is 0 Å². The maximum Gasteiger partial charge on any atom is 0.322 e. The van der Waals surface area contributed by atoms with E-state index in [9.17, 15) is 4.79 Å². The van der Waals surface area contributed by atoms with Crippen molar-refractivity contribution in [3.8, 4) is 10.6 Å². The molecule has 0 aliphatic carbocycles. The zero-order valence-corrected chi connectivity index (χ0v) is 16.5. The van der Waals surface area contributed by atoms with Crippen molar-refractivity contribution in [2.45, 2.75) is 33.2 Å². The van der Waals surface area contributed by atoms with Crippen LogP contribution in [0.4, 0.5) is 10.5 Å². The number of amides is 2. The molecule has 5 heteroatoms. The minimum absolute atomic E-state index is 0.0353. The Labute approximate surface area is 163 Å². The molecule has 2 aromatic carbocycles. The summed E-state index contributed by atoms with van der Waals surface area (Å²) in [4.78, 5) is 20.6. The van der Waals surface area contributed by atoms with Gasteiger partial charge in [0.25, 0.3) is 0 Å². The number of aromatic nitrogens is 1. The molecule has 1 aliphatic rings. The fourth-order valence-corrected chi connectivity index (χ4v) is 4.46. The quantitative estimate of drug-likeness (QED) is 0.676. The van der Waals surface area contributed by atoms with E-state index in [0.717, 1.165) is 40.4 Å². The molecule has 0 bridgehead atoms. The number of para-hydroxylation sites is 1.